The Morgan fingerprint density at radius 2 is 0.948 bits per heavy atom. The lowest BCUT2D eigenvalue weighted by molar-refractivity contribution is -0.226. The minimum absolute atomic E-state index is 0.0223. The third-order valence-electron chi connectivity index (χ3n) is 14.1. The maximum Gasteiger partial charge on any atom is 0.190 e. The summed E-state index contributed by atoms with van der Waals surface area (Å²) < 4.78 is 67.0. The molecule has 11 nitrogen and oxygen atoms in total. The molecule has 1 aliphatic heterocycles. The van der Waals surface area contributed by atoms with Crippen LogP contribution in [0.1, 0.15) is 45.4 Å². The summed E-state index contributed by atoms with van der Waals surface area (Å²) >= 11 is 0. The third-order valence-corrected chi connectivity index (χ3v) is 14.1. The van der Waals surface area contributed by atoms with Crippen molar-refractivity contribution in [2.24, 2.45) is 0 Å². The van der Waals surface area contributed by atoms with Gasteiger partial charge in [0, 0.05) is 20.6 Å². The highest BCUT2D eigenvalue weighted by molar-refractivity contribution is 5.51. The predicted molar refractivity (Wildman–Crippen MR) is 295 cm³/mol. The highest BCUT2D eigenvalue weighted by Gasteiger charge is 2.47. The van der Waals surface area contributed by atoms with E-state index >= 15 is 0 Å². The molecular weight excluding hydrogens is 969 g/mol. The van der Waals surface area contributed by atoms with Gasteiger partial charge in [0.25, 0.3) is 0 Å². The Hall–Kier alpha value is -6.42. The van der Waals surface area contributed by atoms with Gasteiger partial charge < -0.3 is 52.5 Å². The number of methoxy groups -OCH3 is 2. The Bertz CT molecular complexity index is 2780. The van der Waals surface area contributed by atoms with Gasteiger partial charge in [-0.25, -0.2) is 0 Å². The zero-order chi connectivity index (χ0) is 53.0. The Balaban J connectivity index is 1.09. The Morgan fingerprint density at radius 1 is 0.519 bits per heavy atom. The number of hydrogen-bond acceptors (Lipinski definition) is 11. The van der Waals surface area contributed by atoms with E-state index in [1.165, 1.54) is 0 Å². The number of ether oxygens (including phenoxy) is 10. The second-order valence-electron chi connectivity index (χ2n) is 19.2. The molecule has 11 heteroatoms. The van der Waals surface area contributed by atoms with E-state index in [1.54, 1.807) is 14.2 Å². The minimum Gasteiger partial charge on any atom is -0.387 e. The van der Waals surface area contributed by atoms with E-state index in [-0.39, 0.29) is 46.2 Å². The van der Waals surface area contributed by atoms with Gasteiger partial charge in [-0.1, -0.05) is 224 Å². The quantitative estimate of drug-likeness (QED) is 0.0453. The third kappa shape index (κ3) is 14.8. The average Bonchev–Trinajstić information content (AvgIpc) is 3.85. The summed E-state index contributed by atoms with van der Waals surface area (Å²) in [5, 5.41) is 12.0. The summed E-state index contributed by atoms with van der Waals surface area (Å²) in [6, 6.07) is 70.3. The molecule has 0 bridgehead atoms. The summed E-state index contributed by atoms with van der Waals surface area (Å²) in [7, 11) is 3.29. The molecule has 9 rings (SSSR count). The molecule has 2 aliphatic rings. The van der Waals surface area contributed by atoms with Crippen molar-refractivity contribution in [1.29, 1.82) is 0 Å². The first-order chi connectivity index (χ1) is 37.9. The first-order valence-electron chi connectivity index (χ1n) is 26.4. The minimum atomic E-state index is -1.16. The van der Waals surface area contributed by atoms with Gasteiger partial charge in [0.15, 0.2) is 12.1 Å². The highest BCUT2D eigenvalue weighted by Crippen LogP contribution is 2.44. The van der Waals surface area contributed by atoms with Gasteiger partial charge in [0.2, 0.25) is 0 Å². The van der Waals surface area contributed by atoms with Crippen LogP contribution in [0.2, 0.25) is 0 Å². The van der Waals surface area contributed by atoms with Gasteiger partial charge in [-0.3, -0.25) is 0 Å². The maximum atomic E-state index is 12.0. The predicted octanol–water partition coefficient (Wildman–Crippen LogP) is 11.5. The largest absolute Gasteiger partial charge is 0.387 e. The van der Waals surface area contributed by atoms with Gasteiger partial charge in [0.05, 0.1) is 52.9 Å². The lowest BCUT2D eigenvalue weighted by Gasteiger charge is -2.41. The van der Waals surface area contributed by atoms with Gasteiger partial charge in [-0.15, -0.1) is 0 Å². The van der Waals surface area contributed by atoms with Gasteiger partial charge >= 0.3 is 0 Å². The molecule has 0 radical (unpaired) electrons. The summed E-state index contributed by atoms with van der Waals surface area (Å²) in [6.07, 6.45) is 0.387. The van der Waals surface area contributed by atoms with E-state index in [9.17, 15) is 5.11 Å². The standard InChI is InChI=1S/C66H70O11/c1-68-65(69-2)40-38-57(39-41-65)66(55-34-20-8-21-35-55,56-36-22-9-23-37-56)76-49-60(72-44-52-28-14-5-15-29-52)62(73-45-53-30-16-6-17-31-53)59(71-43-51-26-12-4-13-27-51)48-75-64-63(74-46-54-32-18-7-19-33-54)61(67)58(77-64)47-70-42-50-24-10-3-11-25-50/h3-40,58-64,67H,41-49H2,1-2H3/t58-,59+,60-,61-,62+,63-,64-/m1/s1. The molecule has 1 heterocycles. The summed E-state index contributed by atoms with van der Waals surface area (Å²) in [5.41, 5.74) is 6.39. The van der Waals surface area contributed by atoms with Crippen LogP contribution in [0.15, 0.2) is 236 Å². The van der Waals surface area contributed by atoms with Crippen LogP contribution in [0.4, 0.5) is 0 Å². The summed E-state index contributed by atoms with van der Waals surface area (Å²) in [4.78, 5) is 0. The molecule has 7 aromatic rings. The fourth-order valence-electron chi connectivity index (χ4n) is 9.78. The number of rotatable bonds is 29. The fourth-order valence-corrected chi connectivity index (χ4v) is 9.78. The van der Waals surface area contributed by atoms with E-state index in [0.717, 1.165) is 44.5 Å². The topological polar surface area (TPSA) is 113 Å². The van der Waals surface area contributed by atoms with Crippen molar-refractivity contribution in [1.82, 2.24) is 0 Å². The van der Waals surface area contributed by atoms with Crippen LogP contribution in [0.25, 0.3) is 0 Å². The molecule has 0 saturated carbocycles. The van der Waals surface area contributed by atoms with E-state index in [0.29, 0.717) is 13.0 Å². The number of hydrogen-bond donors (Lipinski definition) is 1. The number of aliphatic hydroxyl groups excluding tert-OH is 1. The zero-order valence-corrected chi connectivity index (χ0v) is 43.9. The van der Waals surface area contributed by atoms with E-state index < -0.39 is 54.3 Å². The van der Waals surface area contributed by atoms with Crippen LogP contribution >= 0.6 is 0 Å². The van der Waals surface area contributed by atoms with Crippen molar-refractivity contribution in [2.45, 2.75) is 93.8 Å². The Labute approximate surface area is 453 Å². The Kier molecular flexibility index (Phi) is 20.3. The summed E-state index contributed by atoms with van der Waals surface area (Å²) in [5.74, 6) is -0.941. The van der Waals surface area contributed by atoms with Crippen LogP contribution in [0, 0.1) is 0 Å². The second-order valence-corrected chi connectivity index (χ2v) is 19.2. The Morgan fingerprint density at radius 3 is 1.40 bits per heavy atom. The van der Waals surface area contributed by atoms with E-state index in [2.05, 4.69) is 30.3 Å². The molecule has 1 fully saturated rings. The molecule has 77 heavy (non-hydrogen) atoms. The van der Waals surface area contributed by atoms with Crippen molar-refractivity contribution < 1.29 is 52.5 Å². The van der Waals surface area contributed by atoms with Crippen molar-refractivity contribution in [3.63, 3.8) is 0 Å². The second kappa shape index (κ2) is 28.3. The van der Waals surface area contributed by atoms with Crippen molar-refractivity contribution in [3.8, 4) is 0 Å². The lowest BCUT2D eigenvalue weighted by Crippen LogP contribution is -2.49. The zero-order valence-electron chi connectivity index (χ0n) is 43.9. The molecule has 0 aromatic heterocycles. The first-order valence-corrected chi connectivity index (χ1v) is 26.4. The maximum absolute atomic E-state index is 12.0. The van der Waals surface area contributed by atoms with Crippen molar-refractivity contribution in [2.75, 3.05) is 34.0 Å². The normalized spacial score (nSPS) is 19.3. The molecule has 400 valence electrons. The first kappa shape index (κ1) is 55.3. The molecule has 0 spiro atoms. The lowest BCUT2D eigenvalue weighted by atomic mass is 9.77. The van der Waals surface area contributed by atoms with Crippen LogP contribution in [0.5, 0.6) is 0 Å². The molecule has 0 amide bonds. The molecule has 1 N–H and O–H groups in total. The van der Waals surface area contributed by atoms with Crippen molar-refractivity contribution >= 4 is 0 Å². The van der Waals surface area contributed by atoms with Crippen LogP contribution in [0.3, 0.4) is 0 Å². The molecule has 7 aromatic carbocycles. The highest BCUT2D eigenvalue weighted by atomic mass is 16.7. The monoisotopic (exact) mass is 1040 g/mol. The van der Waals surface area contributed by atoms with Crippen LogP contribution in [-0.4, -0.2) is 87.8 Å². The fraction of sp³-hybridized carbons (Fsp3) is 0.303. The summed E-state index contributed by atoms with van der Waals surface area (Å²) in [6.45, 7) is 1.33. The van der Waals surface area contributed by atoms with Crippen molar-refractivity contribution in [3.05, 3.63) is 275 Å². The molecule has 1 saturated heterocycles. The molecule has 0 unspecified atom stereocenters. The van der Waals surface area contributed by atoms with Gasteiger partial charge in [-0.05, 0) is 50.6 Å². The van der Waals surface area contributed by atoms with E-state index in [1.807, 2.05) is 200 Å². The van der Waals surface area contributed by atoms with Gasteiger partial charge in [0.1, 0.15) is 42.2 Å². The van der Waals surface area contributed by atoms with Gasteiger partial charge in [-0.2, -0.15) is 0 Å². The van der Waals surface area contributed by atoms with Crippen LogP contribution in [-0.2, 0) is 86.0 Å². The molecule has 7 atom stereocenters. The number of aliphatic hydroxyl groups is 1. The SMILES string of the molecule is COC1(OC)C=CC(C(OC[C@@H](OCc2ccccc2)[C@@H](OCc2ccccc2)[C@H](CO[C@@H]2O[C@H](COCc3ccccc3)[C@@H](O)[C@H]2OCc2ccccc2)OCc2ccccc2)(c2ccccc2)c2ccccc2)=CC1. The van der Waals surface area contributed by atoms with E-state index in [4.69, 9.17) is 47.4 Å². The molecular formula is C66H70O11. The van der Waals surface area contributed by atoms with Crippen LogP contribution < -0.4 is 0 Å². The molecule has 1 aliphatic carbocycles. The smallest absolute Gasteiger partial charge is 0.190 e. The average molecular weight is 1040 g/mol. The number of benzene rings is 7.